The van der Waals surface area contributed by atoms with Crippen molar-refractivity contribution in [3.05, 3.63) is 0 Å². The number of aliphatic hydroxyl groups excluding tert-OH is 1. The first-order chi connectivity index (χ1) is 6.96. The predicted molar refractivity (Wildman–Crippen MR) is 55.4 cm³/mol. The Kier molecular flexibility index (Phi) is 4.25. The van der Waals surface area contributed by atoms with Crippen LogP contribution in [0, 0.1) is 0 Å². The maximum absolute atomic E-state index is 11.5. The SMILES string of the molecule is CCCC[C@@H](O)[C@H]1OC(C)(C)OCC1=O. The van der Waals surface area contributed by atoms with Crippen LogP contribution in [-0.2, 0) is 14.3 Å². The third-order valence-corrected chi connectivity index (χ3v) is 2.49. The molecule has 0 aromatic carbocycles. The first-order valence-electron chi connectivity index (χ1n) is 5.49. The largest absolute Gasteiger partial charge is 0.390 e. The molecule has 0 saturated carbocycles. The number of hydrogen-bond acceptors (Lipinski definition) is 4. The van der Waals surface area contributed by atoms with Crippen molar-refractivity contribution in [2.24, 2.45) is 0 Å². The molecule has 88 valence electrons. The summed E-state index contributed by atoms with van der Waals surface area (Å²) in [6, 6.07) is 0. The second-order valence-electron chi connectivity index (χ2n) is 4.40. The fourth-order valence-corrected chi connectivity index (χ4v) is 1.59. The number of rotatable bonds is 4. The highest BCUT2D eigenvalue weighted by Crippen LogP contribution is 2.23. The van der Waals surface area contributed by atoms with Gasteiger partial charge < -0.3 is 14.6 Å². The molecule has 0 unspecified atom stereocenters. The fraction of sp³-hybridized carbons (Fsp3) is 0.909. The third kappa shape index (κ3) is 3.55. The van der Waals surface area contributed by atoms with Gasteiger partial charge in [-0.05, 0) is 20.3 Å². The van der Waals surface area contributed by atoms with Gasteiger partial charge in [-0.15, -0.1) is 0 Å². The summed E-state index contributed by atoms with van der Waals surface area (Å²) < 4.78 is 10.6. The molecular weight excluding hydrogens is 196 g/mol. The van der Waals surface area contributed by atoms with E-state index in [-0.39, 0.29) is 12.4 Å². The maximum Gasteiger partial charge on any atom is 0.190 e. The highest BCUT2D eigenvalue weighted by atomic mass is 16.7. The molecule has 0 radical (unpaired) electrons. The Morgan fingerprint density at radius 2 is 2.27 bits per heavy atom. The van der Waals surface area contributed by atoms with Crippen LogP contribution in [0.25, 0.3) is 0 Å². The summed E-state index contributed by atoms with van der Waals surface area (Å²) in [4.78, 5) is 11.5. The molecule has 4 heteroatoms. The quantitative estimate of drug-likeness (QED) is 0.768. The van der Waals surface area contributed by atoms with E-state index in [1.807, 2.05) is 6.92 Å². The van der Waals surface area contributed by atoms with E-state index in [2.05, 4.69) is 0 Å². The van der Waals surface area contributed by atoms with Gasteiger partial charge in [0.25, 0.3) is 0 Å². The van der Waals surface area contributed by atoms with Crippen LogP contribution in [0.4, 0.5) is 0 Å². The number of aliphatic hydroxyl groups is 1. The van der Waals surface area contributed by atoms with E-state index in [1.165, 1.54) is 0 Å². The zero-order valence-corrected chi connectivity index (χ0v) is 9.66. The Morgan fingerprint density at radius 3 is 2.87 bits per heavy atom. The molecule has 1 fully saturated rings. The van der Waals surface area contributed by atoms with E-state index in [4.69, 9.17) is 9.47 Å². The second-order valence-corrected chi connectivity index (χ2v) is 4.40. The lowest BCUT2D eigenvalue weighted by Gasteiger charge is -2.36. The number of ketones is 1. The minimum Gasteiger partial charge on any atom is -0.390 e. The molecule has 2 atom stereocenters. The molecule has 15 heavy (non-hydrogen) atoms. The Labute approximate surface area is 90.6 Å². The monoisotopic (exact) mass is 216 g/mol. The van der Waals surface area contributed by atoms with Gasteiger partial charge in [0.1, 0.15) is 12.7 Å². The third-order valence-electron chi connectivity index (χ3n) is 2.49. The number of Topliss-reactive ketones (excluding diaryl/α,β-unsaturated/α-hetero) is 1. The van der Waals surface area contributed by atoms with Crippen LogP contribution in [-0.4, -0.2) is 35.5 Å². The summed E-state index contributed by atoms with van der Waals surface area (Å²) in [6.07, 6.45) is 1.07. The summed E-state index contributed by atoms with van der Waals surface area (Å²) in [6.45, 7) is 5.57. The van der Waals surface area contributed by atoms with Crippen LogP contribution in [0.1, 0.15) is 40.0 Å². The molecule has 1 rings (SSSR count). The maximum atomic E-state index is 11.5. The first kappa shape index (κ1) is 12.6. The summed E-state index contributed by atoms with van der Waals surface area (Å²) in [5.41, 5.74) is 0. The molecule has 0 aliphatic carbocycles. The molecule has 0 amide bonds. The molecule has 0 bridgehead atoms. The number of unbranched alkanes of at least 4 members (excludes halogenated alkanes) is 1. The first-order valence-corrected chi connectivity index (χ1v) is 5.49. The molecule has 1 saturated heterocycles. The molecular formula is C11H20O4. The van der Waals surface area contributed by atoms with Gasteiger partial charge >= 0.3 is 0 Å². The normalized spacial score (nSPS) is 27.7. The van der Waals surface area contributed by atoms with Gasteiger partial charge in [-0.1, -0.05) is 19.8 Å². The van der Waals surface area contributed by atoms with Crippen molar-refractivity contribution in [3.63, 3.8) is 0 Å². The molecule has 4 nitrogen and oxygen atoms in total. The van der Waals surface area contributed by atoms with Crippen molar-refractivity contribution in [1.82, 2.24) is 0 Å². The van der Waals surface area contributed by atoms with Gasteiger partial charge in [0.2, 0.25) is 0 Å². The van der Waals surface area contributed by atoms with E-state index in [9.17, 15) is 9.90 Å². The molecule has 1 aliphatic heterocycles. The zero-order valence-electron chi connectivity index (χ0n) is 9.66. The molecule has 1 heterocycles. The summed E-state index contributed by atoms with van der Waals surface area (Å²) >= 11 is 0. The van der Waals surface area contributed by atoms with E-state index >= 15 is 0 Å². The van der Waals surface area contributed by atoms with Crippen LogP contribution in [0.3, 0.4) is 0 Å². The van der Waals surface area contributed by atoms with Crippen molar-refractivity contribution in [1.29, 1.82) is 0 Å². The zero-order chi connectivity index (χ0) is 11.5. The molecule has 1 aliphatic rings. The fourth-order valence-electron chi connectivity index (χ4n) is 1.59. The van der Waals surface area contributed by atoms with Gasteiger partial charge in [-0.2, -0.15) is 0 Å². The lowest BCUT2D eigenvalue weighted by atomic mass is 10.0. The van der Waals surface area contributed by atoms with Crippen molar-refractivity contribution in [3.8, 4) is 0 Å². The Bertz CT molecular complexity index is 225. The Hall–Kier alpha value is -0.450. The van der Waals surface area contributed by atoms with Crippen LogP contribution in [0.15, 0.2) is 0 Å². The van der Waals surface area contributed by atoms with E-state index in [0.717, 1.165) is 12.8 Å². The van der Waals surface area contributed by atoms with Crippen molar-refractivity contribution < 1.29 is 19.4 Å². The van der Waals surface area contributed by atoms with Gasteiger partial charge in [0.15, 0.2) is 11.6 Å². The summed E-state index contributed by atoms with van der Waals surface area (Å²) in [5.74, 6) is -0.941. The van der Waals surface area contributed by atoms with Crippen LogP contribution in [0.5, 0.6) is 0 Å². The minimum atomic E-state index is -0.772. The average molecular weight is 216 g/mol. The highest BCUT2D eigenvalue weighted by Gasteiger charge is 2.38. The van der Waals surface area contributed by atoms with Crippen molar-refractivity contribution in [2.45, 2.75) is 58.0 Å². The van der Waals surface area contributed by atoms with Gasteiger partial charge in [0.05, 0.1) is 6.10 Å². The standard InChI is InChI=1S/C11H20O4/c1-4-5-6-8(12)10-9(13)7-14-11(2,3)15-10/h8,10,12H,4-7H2,1-3H3/t8-,10-/m1/s1. The number of hydrogen-bond donors (Lipinski definition) is 1. The minimum absolute atomic E-state index is 0.0286. The topological polar surface area (TPSA) is 55.8 Å². The van der Waals surface area contributed by atoms with E-state index in [1.54, 1.807) is 13.8 Å². The van der Waals surface area contributed by atoms with Gasteiger partial charge in [-0.3, -0.25) is 4.79 Å². The number of carbonyl (C=O) groups is 1. The lowest BCUT2D eigenvalue weighted by molar-refractivity contribution is -0.271. The van der Waals surface area contributed by atoms with E-state index < -0.39 is 18.0 Å². The molecule has 0 aromatic rings. The number of carbonyl (C=O) groups excluding carboxylic acids is 1. The molecule has 0 spiro atoms. The Balaban J connectivity index is 2.53. The van der Waals surface area contributed by atoms with Crippen molar-refractivity contribution >= 4 is 5.78 Å². The summed E-state index contributed by atoms with van der Waals surface area (Å²) in [7, 11) is 0. The average Bonchev–Trinajstić information content (AvgIpc) is 2.18. The highest BCUT2D eigenvalue weighted by molar-refractivity contribution is 5.85. The van der Waals surface area contributed by atoms with Gasteiger partial charge in [0, 0.05) is 0 Å². The van der Waals surface area contributed by atoms with Gasteiger partial charge in [-0.25, -0.2) is 0 Å². The Morgan fingerprint density at radius 1 is 1.60 bits per heavy atom. The predicted octanol–water partition coefficient (Wildman–Crippen LogP) is 1.26. The van der Waals surface area contributed by atoms with E-state index in [0.29, 0.717) is 6.42 Å². The summed E-state index contributed by atoms with van der Waals surface area (Å²) in [5, 5.41) is 9.81. The van der Waals surface area contributed by atoms with Crippen LogP contribution < -0.4 is 0 Å². The second kappa shape index (κ2) is 5.05. The molecule has 1 N–H and O–H groups in total. The van der Waals surface area contributed by atoms with Crippen LogP contribution in [0.2, 0.25) is 0 Å². The lowest BCUT2D eigenvalue weighted by Crippen LogP contribution is -2.51. The molecule has 0 aromatic heterocycles. The number of ether oxygens (including phenoxy) is 2. The van der Waals surface area contributed by atoms with Crippen molar-refractivity contribution in [2.75, 3.05) is 6.61 Å². The smallest absolute Gasteiger partial charge is 0.190 e. The van der Waals surface area contributed by atoms with Crippen LogP contribution >= 0.6 is 0 Å².